The third-order valence-electron chi connectivity index (χ3n) is 7.04. The maximum atomic E-state index is 13.4. The molecule has 0 spiro atoms. The van der Waals surface area contributed by atoms with Crippen LogP contribution in [0.5, 0.6) is 0 Å². The van der Waals surface area contributed by atoms with E-state index >= 15 is 0 Å². The van der Waals surface area contributed by atoms with E-state index in [1.54, 1.807) is 4.68 Å². The molecular formula is C25H31N5O. The highest BCUT2D eigenvalue weighted by atomic mass is 16.1. The molecule has 0 aliphatic carbocycles. The molecule has 6 heteroatoms. The fourth-order valence-corrected chi connectivity index (χ4v) is 5.52. The van der Waals surface area contributed by atoms with Gasteiger partial charge < -0.3 is 10.2 Å². The van der Waals surface area contributed by atoms with Crippen molar-refractivity contribution in [3.05, 3.63) is 47.7 Å². The van der Waals surface area contributed by atoms with Gasteiger partial charge in [-0.2, -0.15) is 5.10 Å². The van der Waals surface area contributed by atoms with E-state index in [4.69, 9.17) is 4.98 Å². The van der Waals surface area contributed by atoms with E-state index < -0.39 is 0 Å². The standard InChI is InChI=1S/C25H31N5O/c1-17-23-20(15-21(18-9-4-3-5-10-18)27-24(23)29(2)28-17)25(31)26-16-19-11-8-14-30-13-7-6-12-22(19)30/h3-5,9-10,15,19,22H,6-8,11-14,16H2,1-2H3,(H,26,31)/t19-,22-/m1/s1. The number of rotatable bonds is 4. The van der Waals surface area contributed by atoms with Gasteiger partial charge in [-0.05, 0) is 57.7 Å². The highest BCUT2D eigenvalue weighted by molar-refractivity contribution is 6.07. The van der Waals surface area contributed by atoms with Gasteiger partial charge in [0, 0.05) is 25.2 Å². The zero-order valence-electron chi connectivity index (χ0n) is 18.5. The first-order valence-corrected chi connectivity index (χ1v) is 11.5. The molecule has 2 aromatic heterocycles. The van der Waals surface area contributed by atoms with E-state index in [-0.39, 0.29) is 5.91 Å². The third-order valence-corrected chi connectivity index (χ3v) is 7.04. The lowest BCUT2D eigenvalue weighted by Gasteiger charge is -2.44. The van der Waals surface area contributed by atoms with Crippen molar-refractivity contribution in [2.24, 2.45) is 13.0 Å². The number of nitrogens with zero attached hydrogens (tertiary/aromatic N) is 4. The minimum atomic E-state index is -0.0198. The number of amides is 1. The van der Waals surface area contributed by atoms with Crippen molar-refractivity contribution in [1.29, 1.82) is 0 Å². The summed E-state index contributed by atoms with van der Waals surface area (Å²) in [6.45, 7) is 5.12. The number of piperidine rings is 2. The Morgan fingerprint density at radius 2 is 1.94 bits per heavy atom. The van der Waals surface area contributed by atoms with Gasteiger partial charge in [0.15, 0.2) is 5.65 Å². The summed E-state index contributed by atoms with van der Waals surface area (Å²) in [4.78, 5) is 20.9. The first-order chi connectivity index (χ1) is 15.1. The Hall–Kier alpha value is -2.73. The molecule has 3 aromatic rings. The number of aryl methyl sites for hydroxylation is 2. The number of hydrogen-bond acceptors (Lipinski definition) is 4. The van der Waals surface area contributed by atoms with Gasteiger partial charge in [0.25, 0.3) is 5.91 Å². The number of aromatic nitrogens is 3. The van der Waals surface area contributed by atoms with Crippen LogP contribution in [-0.4, -0.2) is 51.2 Å². The number of nitrogens with one attached hydrogen (secondary N) is 1. The number of pyridine rings is 1. The first kappa shape index (κ1) is 20.2. The monoisotopic (exact) mass is 417 g/mol. The van der Waals surface area contributed by atoms with Gasteiger partial charge >= 0.3 is 0 Å². The van der Waals surface area contributed by atoms with Gasteiger partial charge in [0.1, 0.15) is 0 Å². The molecule has 1 aromatic carbocycles. The summed E-state index contributed by atoms with van der Waals surface area (Å²) in [5.74, 6) is 0.521. The van der Waals surface area contributed by atoms with Crippen molar-refractivity contribution in [3.63, 3.8) is 0 Å². The quantitative estimate of drug-likeness (QED) is 0.698. The number of carbonyl (C=O) groups excluding carboxylic acids is 1. The topological polar surface area (TPSA) is 63.1 Å². The summed E-state index contributed by atoms with van der Waals surface area (Å²) in [7, 11) is 1.89. The molecule has 6 nitrogen and oxygen atoms in total. The van der Waals surface area contributed by atoms with Crippen LogP contribution in [0, 0.1) is 12.8 Å². The second-order valence-electron chi connectivity index (χ2n) is 9.04. The zero-order valence-corrected chi connectivity index (χ0v) is 18.5. The largest absolute Gasteiger partial charge is 0.352 e. The third kappa shape index (κ3) is 3.85. The smallest absolute Gasteiger partial charge is 0.252 e. The summed E-state index contributed by atoms with van der Waals surface area (Å²) >= 11 is 0. The molecule has 2 fully saturated rings. The van der Waals surface area contributed by atoms with Gasteiger partial charge in [-0.1, -0.05) is 36.8 Å². The van der Waals surface area contributed by atoms with Crippen LogP contribution in [0.15, 0.2) is 36.4 Å². The minimum Gasteiger partial charge on any atom is -0.352 e. The van der Waals surface area contributed by atoms with E-state index in [0.717, 1.165) is 34.5 Å². The molecular weight excluding hydrogens is 386 g/mol. The lowest BCUT2D eigenvalue weighted by molar-refractivity contribution is 0.0576. The fraction of sp³-hybridized carbons (Fsp3) is 0.480. The Morgan fingerprint density at radius 1 is 1.13 bits per heavy atom. The molecule has 5 rings (SSSR count). The lowest BCUT2D eigenvalue weighted by Crippen LogP contribution is -2.51. The van der Waals surface area contributed by atoms with Crippen LogP contribution < -0.4 is 5.32 Å². The average molecular weight is 418 g/mol. The first-order valence-electron chi connectivity index (χ1n) is 11.5. The van der Waals surface area contributed by atoms with E-state index in [9.17, 15) is 4.79 Å². The average Bonchev–Trinajstić information content (AvgIpc) is 3.10. The van der Waals surface area contributed by atoms with E-state index in [2.05, 4.69) is 15.3 Å². The molecule has 0 bridgehead atoms. The predicted octanol–water partition coefficient (Wildman–Crippen LogP) is 3.94. The molecule has 2 atom stereocenters. The number of fused-ring (bicyclic) bond motifs is 2. The molecule has 162 valence electrons. The maximum Gasteiger partial charge on any atom is 0.252 e. The van der Waals surface area contributed by atoms with Crippen LogP contribution in [0.3, 0.4) is 0 Å². The van der Waals surface area contributed by atoms with Crippen LogP contribution in [0.25, 0.3) is 22.3 Å². The van der Waals surface area contributed by atoms with Crippen molar-refractivity contribution < 1.29 is 4.79 Å². The fourth-order valence-electron chi connectivity index (χ4n) is 5.52. The van der Waals surface area contributed by atoms with Crippen molar-refractivity contribution >= 4 is 16.9 Å². The van der Waals surface area contributed by atoms with E-state index in [1.165, 1.54) is 45.2 Å². The molecule has 0 radical (unpaired) electrons. The molecule has 4 heterocycles. The molecule has 2 aliphatic rings. The summed E-state index contributed by atoms with van der Waals surface area (Å²) in [5.41, 5.74) is 4.07. The minimum absolute atomic E-state index is 0.0198. The second-order valence-corrected chi connectivity index (χ2v) is 9.04. The Balaban J connectivity index is 1.44. The molecule has 1 amide bonds. The Bertz CT molecular complexity index is 1090. The molecule has 31 heavy (non-hydrogen) atoms. The van der Waals surface area contributed by atoms with Gasteiger partial charge in [-0.15, -0.1) is 0 Å². The highest BCUT2D eigenvalue weighted by Crippen LogP contribution is 2.31. The number of hydrogen-bond donors (Lipinski definition) is 1. The molecule has 1 N–H and O–H groups in total. The van der Waals surface area contributed by atoms with Gasteiger partial charge in [-0.3, -0.25) is 9.48 Å². The van der Waals surface area contributed by atoms with Gasteiger partial charge in [-0.25, -0.2) is 4.98 Å². The van der Waals surface area contributed by atoms with E-state index in [1.807, 2.05) is 50.4 Å². The van der Waals surface area contributed by atoms with Gasteiger partial charge in [0.05, 0.1) is 22.3 Å². The molecule has 2 aliphatic heterocycles. The van der Waals surface area contributed by atoms with E-state index in [0.29, 0.717) is 17.5 Å². The highest BCUT2D eigenvalue weighted by Gasteiger charge is 2.33. The predicted molar refractivity (Wildman–Crippen MR) is 123 cm³/mol. The zero-order chi connectivity index (χ0) is 21.4. The molecule has 0 saturated carbocycles. The maximum absolute atomic E-state index is 13.4. The van der Waals surface area contributed by atoms with Crippen LogP contribution in [0.1, 0.15) is 48.2 Å². The molecule has 0 unspecified atom stereocenters. The van der Waals surface area contributed by atoms with Crippen molar-refractivity contribution in [1.82, 2.24) is 25.0 Å². The Labute approximate surface area is 183 Å². The summed E-state index contributed by atoms with van der Waals surface area (Å²) < 4.78 is 1.77. The SMILES string of the molecule is Cc1nn(C)c2nc(-c3ccccc3)cc(C(=O)NC[C@H]3CCCN4CCCC[C@H]34)c12. The Morgan fingerprint density at radius 3 is 2.77 bits per heavy atom. The summed E-state index contributed by atoms with van der Waals surface area (Å²) in [6.07, 6.45) is 6.32. The summed E-state index contributed by atoms with van der Waals surface area (Å²) in [6, 6.07) is 12.6. The van der Waals surface area contributed by atoms with Crippen molar-refractivity contribution in [2.75, 3.05) is 19.6 Å². The normalized spacial score (nSPS) is 21.7. The van der Waals surface area contributed by atoms with Crippen LogP contribution >= 0.6 is 0 Å². The van der Waals surface area contributed by atoms with Gasteiger partial charge in [0.2, 0.25) is 0 Å². The number of benzene rings is 1. The molecule has 2 saturated heterocycles. The Kier molecular flexibility index (Phi) is 5.48. The van der Waals surface area contributed by atoms with Crippen molar-refractivity contribution in [3.8, 4) is 11.3 Å². The second kappa shape index (κ2) is 8.42. The lowest BCUT2D eigenvalue weighted by atomic mass is 9.83. The number of carbonyl (C=O) groups is 1. The van der Waals surface area contributed by atoms with Crippen LogP contribution in [0.4, 0.5) is 0 Å². The van der Waals surface area contributed by atoms with Crippen molar-refractivity contribution in [2.45, 2.75) is 45.1 Å². The van der Waals surface area contributed by atoms with Crippen LogP contribution in [0.2, 0.25) is 0 Å². The summed E-state index contributed by atoms with van der Waals surface area (Å²) in [5, 5.41) is 8.67. The van der Waals surface area contributed by atoms with Crippen LogP contribution in [-0.2, 0) is 7.05 Å².